The Morgan fingerprint density at radius 2 is 2.08 bits per heavy atom. The molecule has 1 aliphatic heterocycles. The third-order valence-electron chi connectivity index (χ3n) is 4.58. The zero-order valence-electron chi connectivity index (χ0n) is 13.6. The Hall–Kier alpha value is -2.28. The van der Waals surface area contributed by atoms with Gasteiger partial charge in [-0.1, -0.05) is 12.1 Å². The minimum Gasteiger partial charge on any atom is -0.481 e. The van der Waals surface area contributed by atoms with Crippen molar-refractivity contribution >= 4 is 5.97 Å². The zero-order valence-corrected chi connectivity index (χ0v) is 13.6. The largest absolute Gasteiger partial charge is 0.481 e. The fraction of sp³-hybridized carbons (Fsp3) is 0.389. The number of carbonyl (C=O) groups is 1. The summed E-state index contributed by atoms with van der Waals surface area (Å²) in [5.41, 5.74) is -1.13. The van der Waals surface area contributed by atoms with Gasteiger partial charge in [-0.3, -0.25) is 9.69 Å². The van der Waals surface area contributed by atoms with Crippen LogP contribution in [0.3, 0.4) is 0 Å². The highest BCUT2D eigenvalue weighted by Crippen LogP contribution is 2.34. The number of furan rings is 1. The summed E-state index contributed by atoms with van der Waals surface area (Å²) >= 11 is 0. The van der Waals surface area contributed by atoms with Crippen molar-refractivity contribution in [1.82, 2.24) is 4.90 Å². The molecule has 1 aromatic heterocycles. The van der Waals surface area contributed by atoms with Gasteiger partial charge in [0.15, 0.2) is 0 Å². The SMILES string of the molecule is CC1(C(=O)O)CCN(Cc2ccc(-c3cccc(C(F)(F)F)c3)o2)C1. The van der Waals surface area contributed by atoms with Gasteiger partial charge in [-0.05, 0) is 44.2 Å². The number of halogens is 3. The lowest BCUT2D eigenvalue weighted by Crippen LogP contribution is -2.31. The van der Waals surface area contributed by atoms with Gasteiger partial charge in [0.2, 0.25) is 0 Å². The molecule has 0 bridgehead atoms. The van der Waals surface area contributed by atoms with Crippen molar-refractivity contribution in [2.75, 3.05) is 13.1 Å². The third kappa shape index (κ3) is 3.71. The average molecular weight is 353 g/mol. The van der Waals surface area contributed by atoms with Gasteiger partial charge >= 0.3 is 12.1 Å². The Morgan fingerprint density at radius 3 is 2.72 bits per heavy atom. The van der Waals surface area contributed by atoms with Gasteiger partial charge in [-0.25, -0.2) is 0 Å². The monoisotopic (exact) mass is 353 g/mol. The molecule has 1 aromatic carbocycles. The van der Waals surface area contributed by atoms with Crippen molar-refractivity contribution in [1.29, 1.82) is 0 Å². The number of nitrogens with zero attached hydrogens (tertiary/aromatic N) is 1. The van der Waals surface area contributed by atoms with Crippen LogP contribution in [0.1, 0.15) is 24.7 Å². The summed E-state index contributed by atoms with van der Waals surface area (Å²) in [5, 5.41) is 9.26. The summed E-state index contributed by atoms with van der Waals surface area (Å²) in [5.74, 6) is 0.141. The molecule has 3 rings (SSSR count). The molecule has 134 valence electrons. The zero-order chi connectivity index (χ0) is 18.2. The lowest BCUT2D eigenvalue weighted by atomic mass is 9.90. The van der Waals surface area contributed by atoms with Crippen LogP contribution < -0.4 is 0 Å². The number of carboxylic acids is 1. The first kappa shape index (κ1) is 17.5. The first-order valence-corrected chi connectivity index (χ1v) is 7.89. The van der Waals surface area contributed by atoms with Crippen LogP contribution in [-0.4, -0.2) is 29.1 Å². The van der Waals surface area contributed by atoms with Crippen LogP contribution in [0, 0.1) is 5.41 Å². The van der Waals surface area contributed by atoms with E-state index in [0.29, 0.717) is 43.1 Å². The van der Waals surface area contributed by atoms with E-state index in [1.165, 1.54) is 6.07 Å². The standard InChI is InChI=1S/C18H18F3NO3/c1-17(16(23)24)7-8-22(11-17)10-14-5-6-15(25-14)12-3-2-4-13(9-12)18(19,20)21/h2-6,9H,7-8,10-11H2,1H3,(H,23,24). The van der Waals surface area contributed by atoms with Crippen molar-refractivity contribution in [2.24, 2.45) is 5.41 Å². The van der Waals surface area contributed by atoms with Crippen LogP contribution in [-0.2, 0) is 17.5 Å². The molecule has 1 atom stereocenters. The van der Waals surface area contributed by atoms with Crippen LogP contribution in [0.4, 0.5) is 13.2 Å². The van der Waals surface area contributed by atoms with Crippen LogP contribution in [0.15, 0.2) is 40.8 Å². The molecule has 0 radical (unpaired) electrons. The number of carboxylic acid groups (broad SMARTS) is 1. The molecule has 0 amide bonds. The number of aliphatic carboxylic acids is 1. The molecular formula is C18H18F3NO3. The number of hydrogen-bond acceptors (Lipinski definition) is 3. The van der Waals surface area contributed by atoms with Gasteiger partial charge in [-0.15, -0.1) is 0 Å². The summed E-state index contributed by atoms with van der Waals surface area (Å²) < 4.78 is 44.1. The Balaban J connectivity index is 1.73. The summed E-state index contributed by atoms with van der Waals surface area (Å²) in [4.78, 5) is 13.3. The fourth-order valence-corrected chi connectivity index (χ4v) is 3.05. The van der Waals surface area contributed by atoms with E-state index in [1.807, 2.05) is 4.90 Å². The topological polar surface area (TPSA) is 53.7 Å². The predicted molar refractivity (Wildman–Crippen MR) is 84.8 cm³/mol. The highest BCUT2D eigenvalue weighted by Gasteiger charge is 2.40. The molecule has 0 spiro atoms. The normalized spacial score (nSPS) is 21.6. The van der Waals surface area contributed by atoms with Gasteiger partial charge in [-0.2, -0.15) is 13.2 Å². The second kappa shape index (κ2) is 6.22. The average Bonchev–Trinajstić information content (AvgIpc) is 3.15. The van der Waals surface area contributed by atoms with E-state index in [0.717, 1.165) is 12.1 Å². The lowest BCUT2D eigenvalue weighted by Gasteiger charge is -2.19. The van der Waals surface area contributed by atoms with Gasteiger partial charge < -0.3 is 9.52 Å². The molecular weight excluding hydrogens is 335 g/mol. The summed E-state index contributed by atoms with van der Waals surface area (Å²) in [7, 11) is 0. The Kier molecular flexibility index (Phi) is 4.36. The Bertz CT molecular complexity index is 784. The van der Waals surface area contributed by atoms with Crippen molar-refractivity contribution in [2.45, 2.75) is 26.1 Å². The van der Waals surface area contributed by atoms with E-state index in [-0.39, 0.29) is 0 Å². The number of benzene rings is 1. The van der Waals surface area contributed by atoms with E-state index >= 15 is 0 Å². The highest BCUT2D eigenvalue weighted by atomic mass is 19.4. The maximum atomic E-state index is 12.8. The van der Waals surface area contributed by atoms with Crippen molar-refractivity contribution in [3.8, 4) is 11.3 Å². The molecule has 0 saturated carbocycles. The van der Waals surface area contributed by atoms with Gasteiger partial charge in [0, 0.05) is 12.1 Å². The molecule has 25 heavy (non-hydrogen) atoms. The van der Waals surface area contributed by atoms with E-state index < -0.39 is 23.1 Å². The maximum Gasteiger partial charge on any atom is 0.416 e. The number of rotatable bonds is 4. The van der Waals surface area contributed by atoms with Crippen molar-refractivity contribution < 1.29 is 27.5 Å². The van der Waals surface area contributed by atoms with Crippen molar-refractivity contribution in [3.63, 3.8) is 0 Å². The van der Waals surface area contributed by atoms with Gasteiger partial charge in [0.1, 0.15) is 11.5 Å². The van der Waals surface area contributed by atoms with E-state index in [4.69, 9.17) is 4.42 Å². The van der Waals surface area contributed by atoms with Crippen LogP contribution in [0.2, 0.25) is 0 Å². The molecule has 2 aromatic rings. The first-order chi connectivity index (χ1) is 11.7. The minimum absolute atomic E-state index is 0.359. The van der Waals surface area contributed by atoms with E-state index in [1.54, 1.807) is 25.1 Å². The molecule has 1 aliphatic rings. The third-order valence-corrected chi connectivity index (χ3v) is 4.58. The van der Waals surface area contributed by atoms with Crippen LogP contribution >= 0.6 is 0 Å². The van der Waals surface area contributed by atoms with Gasteiger partial charge in [0.25, 0.3) is 0 Å². The molecule has 1 unspecified atom stereocenters. The van der Waals surface area contributed by atoms with Crippen LogP contribution in [0.5, 0.6) is 0 Å². The summed E-state index contributed by atoms with van der Waals surface area (Å²) in [6, 6.07) is 8.34. The molecule has 0 aliphatic carbocycles. The highest BCUT2D eigenvalue weighted by molar-refractivity contribution is 5.74. The lowest BCUT2D eigenvalue weighted by molar-refractivity contribution is -0.147. The number of alkyl halides is 3. The van der Waals surface area contributed by atoms with E-state index in [2.05, 4.69) is 0 Å². The van der Waals surface area contributed by atoms with E-state index in [9.17, 15) is 23.1 Å². The smallest absolute Gasteiger partial charge is 0.416 e. The first-order valence-electron chi connectivity index (χ1n) is 7.89. The minimum atomic E-state index is -4.40. The molecule has 4 nitrogen and oxygen atoms in total. The molecule has 1 fully saturated rings. The number of hydrogen-bond donors (Lipinski definition) is 1. The van der Waals surface area contributed by atoms with Gasteiger partial charge in [0.05, 0.1) is 17.5 Å². The molecule has 1 N–H and O–H groups in total. The maximum absolute atomic E-state index is 12.8. The van der Waals surface area contributed by atoms with Crippen molar-refractivity contribution in [3.05, 3.63) is 47.7 Å². The molecule has 2 heterocycles. The Labute approximate surface area is 142 Å². The van der Waals surface area contributed by atoms with Crippen LogP contribution in [0.25, 0.3) is 11.3 Å². The second-order valence-corrected chi connectivity index (χ2v) is 6.67. The molecule has 1 saturated heterocycles. The summed E-state index contributed by atoms with van der Waals surface area (Å²) in [6.07, 6.45) is -3.84. The Morgan fingerprint density at radius 1 is 1.32 bits per heavy atom. The predicted octanol–water partition coefficient (Wildman–Crippen LogP) is 4.26. The fourth-order valence-electron chi connectivity index (χ4n) is 3.05. The molecule has 7 heteroatoms. The summed E-state index contributed by atoms with van der Waals surface area (Å²) in [6.45, 7) is 3.21. The number of likely N-dealkylation sites (tertiary alicyclic amines) is 1. The second-order valence-electron chi connectivity index (χ2n) is 6.67. The quantitative estimate of drug-likeness (QED) is 0.892.